The van der Waals surface area contributed by atoms with Crippen LogP contribution in [0.25, 0.3) is 11.1 Å². The SMILES string of the molecule is Cc1ccc(Br)c(-c2ccccc2F)c1. The molecule has 0 bridgehead atoms. The number of halogens is 2. The Morgan fingerprint density at radius 2 is 1.73 bits per heavy atom. The van der Waals surface area contributed by atoms with Crippen LogP contribution >= 0.6 is 15.9 Å². The summed E-state index contributed by atoms with van der Waals surface area (Å²) >= 11 is 3.43. The van der Waals surface area contributed by atoms with E-state index in [9.17, 15) is 4.39 Å². The van der Waals surface area contributed by atoms with Crippen molar-refractivity contribution in [1.29, 1.82) is 0 Å². The van der Waals surface area contributed by atoms with Gasteiger partial charge in [-0.25, -0.2) is 4.39 Å². The molecule has 0 spiro atoms. The number of hydrogen-bond donors (Lipinski definition) is 0. The highest BCUT2D eigenvalue weighted by molar-refractivity contribution is 9.10. The van der Waals surface area contributed by atoms with Gasteiger partial charge >= 0.3 is 0 Å². The number of benzene rings is 2. The maximum Gasteiger partial charge on any atom is 0.131 e. The van der Waals surface area contributed by atoms with E-state index < -0.39 is 0 Å². The zero-order valence-electron chi connectivity index (χ0n) is 8.30. The van der Waals surface area contributed by atoms with Crippen LogP contribution in [0.3, 0.4) is 0 Å². The van der Waals surface area contributed by atoms with Gasteiger partial charge in [0.1, 0.15) is 5.82 Å². The molecule has 76 valence electrons. The first-order valence-corrected chi connectivity index (χ1v) is 5.49. The lowest BCUT2D eigenvalue weighted by atomic mass is 10.0. The molecule has 2 aromatic carbocycles. The van der Waals surface area contributed by atoms with Gasteiger partial charge in [-0.3, -0.25) is 0 Å². The van der Waals surface area contributed by atoms with Crippen LogP contribution in [0.2, 0.25) is 0 Å². The summed E-state index contributed by atoms with van der Waals surface area (Å²) in [6.07, 6.45) is 0. The highest BCUT2D eigenvalue weighted by Crippen LogP contribution is 2.30. The summed E-state index contributed by atoms with van der Waals surface area (Å²) in [6.45, 7) is 2.00. The standard InChI is InChI=1S/C13H10BrF/c1-9-6-7-12(14)11(8-9)10-4-2-3-5-13(10)15/h2-8H,1H3. The molecule has 0 radical (unpaired) electrons. The van der Waals surface area contributed by atoms with E-state index in [1.54, 1.807) is 12.1 Å². The molecule has 0 aliphatic carbocycles. The zero-order chi connectivity index (χ0) is 10.8. The van der Waals surface area contributed by atoms with Crippen LogP contribution in [-0.4, -0.2) is 0 Å². The van der Waals surface area contributed by atoms with E-state index in [2.05, 4.69) is 15.9 Å². The maximum atomic E-state index is 13.6. The third kappa shape index (κ3) is 2.10. The van der Waals surface area contributed by atoms with Gasteiger partial charge in [0.2, 0.25) is 0 Å². The predicted octanol–water partition coefficient (Wildman–Crippen LogP) is 4.56. The first-order chi connectivity index (χ1) is 7.18. The lowest BCUT2D eigenvalue weighted by Crippen LogP contribution is -1.86. The van der Waals surface area contributed by atoms with E-state index >= 15 is 0 Å². The Kier molecular flexibility index (Phi) is 2.87. The molecule has 0 aliphatic heterocycles. The Morgan fingerprint density at radius 3 is 2.47 bits per heavy atom. The molecular formula is C13H10BrF. The van der Waals surface area contributed by atoms with E-state index in [0.29, 0.717) is 5.56 Å². The van der Waals surface area contributed by atoms with Gasteiger partial charge in [-0.05, 0) is 24.6 Å². The van der Waals surface area contributed by atoms with E-state index in [0.717, 1.165) is 15.6 Å². The van der Waals surface area contributed by atoms with Crippen molar-refractivity contribution in [2.45, 2.75) is 6.92 Å². The molecular weight excluding hydrogens is 255 g/mol. The third-order valence-corrected chi connectivity index (χ3v) is 2.98. The van der Waals surface area contributed by atoms with Crippen LogP contribution in [0, 0.1) is 12.7 Å². The fourth-order valence-corrected chi connectivity index (χ4v) is 1.99. The van der Waals surface area contributed by atoms with Gasteiger partial charge in [-0.1, -0.05) is 51.8 Å². The smallest absolute Gasteiger partial charge is 0.131 e. The van der Waals surface area contributed by atoms with Crippen LogP contribution in [0.4, 0.5) is 4.39 Å². The molecule has 0 nitrogen and oxygen atoms in total. The lowest BCUT2D eigenvalue weighted by Gasteiger charge is -2.06. The third-order valence-electron chi connectivity index (χ3n) is 2.29. The highest BCUT2D eigenvalue weighted by atomic mass is 79.9. The molecule has 0 atom stereocenters. The second-order valence-electron chi connectivity index (χ2n) is 3.46. The van der Waals surface area contributed by atoms with Crippen molar-refractivity contribution in [2.75, 3.05) is 0 Å². The molecule has 0 N–H and O–H groups in total. The van der Waals surface area contributed by atoms with Crippen molar-refractivity contribution in [3.05, 3.63) is 58.3 Å². The highest BCUT2D eigenvalue weighted by Gasteiger charge is 2.07. The maximum absolute atomic E-state index is 13.6. The molecule has 0 heterocycles. The predicted molar refractivity (Wildman–Crippen MR) is 64.3 cm³/mol. The monoisotopic (exact) mass is 264 g/mol. The van der Waals surface area contributed by atoms with E-state index in [-0.39, 0.29) is 5.82 Å². The van der Waals surface area contributed by atoms with Gasteiger partial charge in [-0.15, -0.1) is 0 Å². The average Bonchev–Trinajstić information content (AvgIpc) is 2.23. The van der Waals surface area contributed by atoms with Crippen LogP contribution in [-0.2, 0) is 0 Å². The molecule has 2 rings (SSSR count). The fraction of sp³-hybridized carbons (Fsp3) is 0.0769. The quantitative estimate of drug-likeness (QED) is 0.708. The Labute approximate surface area is 96.9 Å². The molecule has 0 amide bonds. The van der Waals surface area contributed by atoms with Crippen molar-refractivity contribution in [1.82, 2.24) is 0 Å². The largest absolute Gasteiger partial charge is 0.206 e. The summed E-state index contributed by atoms with van der Waals surface area (Å²) in [6, 6.07) is 12.7. The van der Waals surface area contributed by atoms with E-state index in [1.807, 2.05) is 31.2 Å². The molecule has 0 saturated carbocycles. The van der Waals surface area contributed by atoms with Crippen molar-refractivity contribution in [2.24, 2.45) is 0 Å². The van der Waals surface area contributed by atoms with Gasteiger partial charge in [0, 0.05) is 10.0 Å². The summed E-state index contributed by atoms with van der Waals surface area (Å²) in [7, 11) is 0. The first-order valence-electron chi connectivity index (χ1n) is 4.69. The van der Waals surface area contributed by atoms with Gasteiger partial charge in [0.25, 0.3) is 0 Å². The summed E-state index contributed by atoms with van der Waals surface area (Å²) in [5.41, 5.74) is 2.65. The van der Waals surface area contributed by atoms with Crippen molar-refractivity contribution in [3.63, 3.8) is 0 Å². The topological polar surface area (TPSA) is 0 Å². The number of aryl methyl sites for hydroxylation is 1. The van der Waals surface area contributed by atoms with E-state index in [1.165, 1.54) is 6.07 Å². The van der Waals surface area contributed by atoms with Crippen LogP contribution in [0.5, 0.6) is 0 Å². The molecule has 0 aromatic heterocycles. The zero-order valence-corrected chi connectivity index (χ0v) is 9.88. The summed E-state index contributed by atoms with van der Waals surface area (Å²) in [4.78, 5) is 0. The second kappa shape index (κ2) is 4.15. The van der Waals surface area contributed by atoms with Crippen LogP contribution in [0.1, 0.15) is 5.56 Å². The van der Waals surface area contributed by atoms with Crippen molar-refractivity contribution in [3.8, 4) is 11.1 Å². The van der Waals surface area contributed by atoms with Crippen LogP contribution in [0.15, 0.2) is 46.9 Å². The Morgan fingerprint density at radius 1 is 1.00 bits per heavy atom. The van der Waals surface area contributed by atoms with Crippen molar-refractivity contribution >= 4 is 15.9 Å². The molecule has 0 aliphatic rings. The van der Waals surface area contributed by atoms with Crippen LogP contribution < -0.4 is 0 Å². The normalized spacial score (nSPS) is 10.3. The molecule has 15 heavy (non-hydrogen) atoms. The van der Waals surface area contributed by atoms with Gasteiger partial charge in [0.05, 0.1) is 0 Å². The number of hydrogen-bond acceptors (Lipinski definition) is 0. The van der Waals surface area contributed by atoms with Crippen molar-refractivity contribution < 1.29 is 4.39 Å². The minimum atomic E-state index is -0.191. The fourth-order valence-electron chi connectivity index (χ4n) is 1.53. The second-order valence-corrected chi connectivity index (χ2v) is 4.32. The molecule has 0 saturated heterocycles. The average molecular weight is 265 g/mol. The minimum Gasteiger partial charge on any atom is -0.206 e. The number of rotatable bonds is 1. The first kappa shape index (κ1) is 10.4. The summed E-state index contributed by atoms with van der Waals surface area (Å²) < 4.78 is 14.5. The van der Waals surface area contributed by atoms with E-state index in [4.69, 9.17) is 0 Å². The molecule has 0 unspecified atom stereocenters. The molecule has 2 heteroatoms. The molecule has 0 fully saturated rings. The Bertz CT molecular complexity index is 492. The summed E-state index contributed by atoms with van der Waals surface area (Å²) in [5, 5.41) is 0. The van der Waals surface area contributed by atoms with Gasteiger partial charge < -0.3 is 0 Å². The van der Waals surface area contributed by atoms with Gasteiger partial charge in [-0.2, -0.15) is 0 Å². The lowest BCUT2D eigenvalue weighted by molar-refractivity contribution is 0.631. The minimum absolute atomic E-state index is 0.191. The molecule has 2 aromatic rings. The summed E-state index contributed by atoms with van der Waals surface area (Å²) in [5.74, 6) is -0.191. The Balaban J connectivity index is 2.64. The Hall–Kier alpha value is -1.15. The van der Waals surface area contributed by atoms with Gasteiger partial charge in [0.15, 0.2) is 0 Å².